The lowest BCUT2D eigenvalue weighted by Gasteiger charge is -2.23. The topological polar surface area (TPSA) is 49.4 Å². The Bertz CT molecular complexity index is 877. The summed E-state index contributed by atoms with van der Waals surface area (Å²) in [6.45, 7) is 0.616. The van der Waals surface area contributed by atoms with Crippen LogP contribution in [0.15, 0.2) is 42.5 Å². The molecule has 4 rings (SSSR count). The highest BCUT2D eigenvalue weighted by Gasteiger charge is 2.58. The number of carbonyl (C=O) groups excluding carboxylic acids is 2. The van der Waals surface area contributed by atoms with Crippen molar-refractivity contribution in [1.29, 1.82) is 0 Å². The second-order valence-electron chi connectivity index (χ2n) is 6.47. The molecule has 2 aliphatic rings. The van der Waals surface area contributed by atoms with Crippen LogP contribution >= 0.6 is 23.2 Å². The molecule has 0 radical (unpaired) electrons. The van der Waals surface area contributed by atoms with Gasteiger partial charge in [0.2, 0.25) is 11.8 Å². The van der Waals surface area contributed by atoms with Crippen LogP contribution < -0.4 is 10.2 Å². The minimum absolute atomic E-state index is 0.131. The number of rotatable bonds is 3. The first-order valence-electron chi connectivity index (χ1n) is 8.18. The monoisotopic (exact) mass is 374 g/mol. The van der Waals surface area contributed by atoms with Crippen molar-refractivity contribution in [3.8, 4) is 0 Å². The van der Waals surface area contributed by atoms with Crippen LogP contribution in [-0.2, 0) is 16.0 Å². The summed E-state index contributed by atoms with van der Waals surface area (Å²) in [6, 6.07) is 12.9. The molecule has 0 atom stereocenters. The molecule has 0 unspecified atom stereocenters. The summed E-state index contributed by atoms with van der Waals surface area (Å²) in [4.78, 5) is 27.6. The fraction of sp³-hybridized carbons (Fsp3) is 0.263. The first-order valence-corrected chi connectivity index (χ1v) is 8.94. The van der Waals surface area contributed by atoms with E-state index >= 15 is 0 Å². The molecule has 1 heterocycles. The zero-order valence-corrected chi connectivity index (χ0v) is 14.9. The van der Waals surface area contributed by atoms with Crippen LogP contribution in [0.2, 0.25) is 10.0 Å². The largest absolute Gasteiger partial charge is 0.324 e. The molecule has 1 aliphatic heterocycles. The van der Waals surface area contributed by atoms with Gasteiger partial charge < -0.3 is 10.2 Å². The average Bonchev–Trinajstić information content (AvgIpc) is 3.32. The Kier molecular flexibility index (Phi) is 3.97. The maximum absolute atomic E-state index is 13.1. The van der Waals surface area contributed by atoms with Crippen LogP contribution in [0.5, 0.6) is 0 Å². The van der Waals surface area contributed by atoms with Gasteiger partial charge in [-0.25, -0.2) is 0 Å². The quantitative estimate of drug-likeness (QED) is 0.814. The zero-order chi connectivity index (χ0) is 17.6. The van der Waals surface area contributed by atoms with E-state index in [1.807, 2.05) is 24.3 Å². The second kappa shape index (κ2) is 6.04. The molecular formula is C19H16Cl2N2O2. The van der Waals surface area contributed by atoms with Gasteiger partial charge in [-0.2, -0.15) is 0 Å². The van der Waals surface area contributed by atoms with Crippen molar-refractivity contribution < 1.29 is 9.59 Å². The van der Waals surface area contributed by atoms with E-state index in [9.17, 15) is 9.59 Å². The normalized spacial score (nSPS) is 17.1. The highest BCUT2D eigenvalue weighted by molar-refractivity contribution is 6.44. The maximum Gasteiger partial charge on any atom is 0.242 e. The summed E-state index contributed by atoms with van der Waals surface area (Å²) in [5, 5.41) is 3.43. The van der Waals surface area contributed by atoms with Crippen LogP contribution in [0.1, 0.15) is 18.4 Å². The number of amides is 2. The van der Waals surface area contributed by atoms with Gasteiger partial charge in [-0.05, 0) is 43.0 Å². The number of fused-ring (bicyclic) bond motifs is 1. The number of nitrogens with zero attached hydrogens (tertiary/aromatic N) is 1. The molecule has 2 amide bonds. The van der Waals surface area contributed by atoms with E-state index in [0.29, 0.717) is 30.1 Å². The summed E-state index contributed by atoms with van der Waals surface area (Å²) in [7, 11) is 0. The van der Waals surface area contributed by atoms with E-state index in [-0.39, 0.29) is 16.8 Å². The molecule has 1 N–H and O–H groups in total. The fourth-order valence-corrected chi connectivity index (χ4v) is 3.66. The number of hydrogen-bond donors (Lipinski definition) is 1. The molecule has 4 nitrogen and oxygen atoms in total. The fourth-order valence-electron chi connectivity index (χ4n) is 3.31. The maximum atomic E-state index is 13.1. The van der Waals surface area contributed by atoms with Crippen molar-refractivity contribution in [1.82, 2.24) is 0 Å². The van der Waals surface area contributed by atoms with Crippen molar-refractivity contribution in [2.24, 2.45) is 5.41 Å². The molecule has 1 aliphatic carbocycles. The summed E-state index contributed by atoms with van der Waals surface area (Å²) in [6.07, 6.45) is 1.92. The van der Waals surface area contributed by atoms with E-state index in [4.69, 9.17) is 23.2 Å². The molecule has 0 spiro atoms. The van der Waals surface area contributed by atoms with E-state index in [1.54, 1.807) is 23.1 Å². The van der Waals surface area contributed by atoms with Gasteiger partial charge in [-0.1, -0.05) is 47.5 Å². The Labute approximate surface area is 155 Å². The van der Waals surface area contributed by atoms with Crippen molar-refractivity contribution in [3.05, 3.63) is 58.1 Å². The van der Waals surface area contributed by atoms with Crippen LogP contribution in [0, 0.1) is 5.41 Å². The third kappa shape index (κ3) is 2.70. The molecule has 0 bridgehead atoms. The van der Waals surface area contributed by atoms with Gasteiger partial charge in [0.05, 0.1) is 15.7 Å². The van der Waals surface area contributed by atoms with E-state index in [1.165, 1.54) is 0 Å². The second-order valence-corrected chi connectivity index (χ2v) is 7.26. The van der Waals surface area contributed by atoms with E-state index in [0.717, 1.165) is 17.7 Å². The Balaban J connectivity index is 1.57. The van der Waals surface area contributed by atoms with Crippen molar-refractivity contribution in [3.63, 3.8) is 0 Å². The predicted octanol–water partition coefficient (Wildman–Crippen LogP) is 4.30. The number of benzene rings is 2. The summed E-state index contributed by atoms with van der Waals surface area (Å²) >= 11 is 12.1. The molecule has 2 aromatic carbocycles. The van der Waals surface area contributed by atoms with Gasteiger partial charge in [-0.15, -0.1) is 0 Å². The first-order chi connectivity index (χ1) is 12.0. The smallest absolute Gasteiger partial charge is 0.242 e. The molecule has 0 saturated heterocycles. The number of hydrogen-bond acceptors (Lipinski definition) is 2. The molecule has 25 heavy (non-hydrogen) atoms. The van der Waals surface area contributed by atoms with Gasteiger partial charge in [0.15, 0.2) is 0 Å². The molecular weight excluding hydrogens is 359 g/mol. The lowest BCUT2D eigenvalue weighted by Crippen LogP contribution is -2.42. The molecule has 0 aromatic heterocycles. The molecule has 6 heteroatoms. The molecule has 2 aromatic rings. The van der Waals surface area contributed by atoms with Crippen LogP contribution in [-0.4, -0.2) is 18.4 Å². The van der Waals surface area contributed by atoms with Crippen molar-refractivity contribution in [2.45, 2.75) is 19.3 Å². The summed E-state index contributed by atoms with van der Waals surface area (Å²) < 4.78 is 0. The van der Waals surface area contributed by atoms with Gasteiger partial charge >= 0.3 is 0 Å². The lowest BCUT2D eigenvalue weighted by atomic mass is 10.0. The van der Waals surface area contributed by atoms with Gasteiger partial charge in [0.1, 0.15) is 5.41 Å². The standard InChI is InChI=1S/C19H16Cl2N2O2/c20-13-5-3-6-14(16(13)21)22-17(24)19(9-10-19)18(25)23-11-8-12-4-1-2-7-15(12)23/h1-7H,8-11H2,(H,22,24). The SMILES string of the molecule is O=C(Nc1cccc(Cl)c1Cl)C1(C(=O)N2CCc3ccccc32)CC1. The highest BCUT2D eigenvalue weighted by Crippen LogP contribution is 2.50. The lowest BCUT2D eigenvalue weighted by molar-refractivity contribution is -0.132. The molecule has 128 valence electrons. The van der Waals surface area contributed by atoms with Gasteiger partial charge in [-0.3, -0.25) is 9.59 Å². The number of nitrogens with one attached hydrogen (secondary N) is 1. The van der Waals surface area contributed by atoms with Gasteiger partial charge in [0.25, 0.3) is 0 Å². The van der Waals surface area contributed by atoms with Crippen LogP contribution in [0.4, 0.5) is 11.4 Å². The number of anilines is 2. The third-order valence-corrected chi connectivity index (χ3v) is 5.75. The van der Waals surface area contributed by atoms with Crippen molar-refractivity contribution in [2.75, 3.05) is 16.8 Å². The van der Waals surface area contributed by atoms with Crippen LogP contribution in [0.3, 0.4) is 0 Å². The Morgan fingerprint density at radius 2 is 1.80 bits per heavy atom. The Morgan fingerprint density at radius 3 is 2.56 bits per heavy atom. The molecule has 1 fully saturated rings. The Morgan fingerprint density at radius 1 is 1.04 bits per heavy atom. The van der Waals surface area contributed by atoms with Gasteiger partial charge in [0, 0.05) is 12.2 Å². The average molecular weight is 375 g/mol. The van der Waals surface area contributed by atoms with E-state index in [2.05, 4.69) is 5.32 Å². The minimum Gasteiger partial charge on any atom is -0.324 e. The predicted molar refractivity (Wildman–Crippen MR) is 99.3 cm³/mol. The minimum atomic E-state index is -0.997. The first kappa shape index (κ1) is 16.4. The Hall–Kier alpha value is -2.04. The summed E-state index contributed by atoms with van der Waals surface area (Å²) in [5.41, 5.74) is 1.49. The number of halogens is 2. The number of carbonyl (C=O) groups is 2. The third-order valence-electron chi connectivity index (χ3n) is 4.93. The highest BCUT2D eigenvalue weighted by atomic mass is 35.5. The van der Waals surface area contributed by atoms with Crippen molar-refractivity contribution >= 4 is 46.4 Å². The number of para-hydroxylation sites is 1. The van der Waals surface area contributed by atoms with Crippen LogP contribution in [0.25, 0.3) is 0 Å². The summed E-state index contributed by atoms with van der Waals surface area (Å²) in [5.74, 6) is -0.445. The van der Waals surface area contributed by atoms with E-state index < -0.39 is 5.41 Å². The zero-order valence-electron chi connectivity index (χ0n) is 13.4. The molecule has 1 saturated carbocycles.